The number of hydrogen-bond donors (Lipinski definition) is 3. The number of aromatic amines is 1. The molecule has 2 aliphatic heterocycles. The van der Waals surface area contributed by atoms with E-state index in [0.29, 0.717) is 17.5 Å². The predicted octanol–water partition coefficient (Wildman–Crippen LogP) is 4.92. The quantitative estimate of drug-likeness (QED) is 0.340. The van der Waals surface area contributed by atoms with Crippen molar-refractivity contribution in [2.45, 2.75) is 45.1 Å². The number of benzene rings is 3. The first kappa shape index (κ1) is 19.8. The van der Waals surface area contributed by atoms with E-state index in [1.807, 2.05) is 12.1 Å². The number of H-pyrrole nitrogens is 1. The molecule has 0 fully saturated rings. The summed E-state index contributed by atoms with van der Waals surface area (Å²) in [6.45, 7) is 5.52. The summed E-state index contributed by atoms with van der Waals surface area (Å²) in [4.78, 5) is 30.0. The van der Waals surface area contributed by atoms with Crippen LogP contribution in [0.4, 0.5) is 0 Å². The fourth-order valence-corrected chi connectivity index (χ4v) is 6.34. The highest BCUT2D eigenvalue weighted by Crippen LogP contribution is 2.48. The predicted molar refractivity (Wildman–Crippen MR) is 134 cm³/mol. The second-order valence-electron chi connectivity index (χ2n) is 10.3. The molecular formula is C28H25N3O3. The largest absolute Gasteiger partial charge is 0.396 e. The number of amides is 2. The maximum Gasteiger partial charge on any atom is 0.259 e. The zero-order valence-corrected chi connectivity index (χ0v) is 19.2. The van der Waals surface area contributed by atoms with E-state index in [-0.39, 0.29) is 23.8 Å². The number of para-hydroxylation sites is 2. The first-order valence-corrected chi connectivity index (χ1v) is 11.9. The zero-order valence-electron chi connectivity index (χ0n) is 19.2. The van der Waals surface area contributed by atoms with Crippen molar-refractivity contribution in [3.63, 3.8) is 0 Å². The topological polar surface area (TPSA) is 87.1 Å². The van der Waals surface area contributed by atoms with Crippen LogP contribution in [0.3, 0.4) is 0 Å². The first-order valence-electron chi connectivity index (χ1n) is 11.9. The molecule has 0 spiro atoms. The van der Waals surface area contributed by atoms with Crippen molar-refractivity contribution < 1.29 is 14.7 Å². The van der Waals surface area contributed by atoms with Gasteiger partial charge in [-0.25, -0.2) is 0 Å². The lowest BCUT2D eigenvalue weighted by Gasteiger charge is -2.32. The molecule has 7 rings (SSSR count). The van der Waals surface area contributed by atoms with Crippen molar-refractivity contribution in [1.82, 2.24) is 14.9 Å². The highest BCUT2D eigenvalue weighted by molar-refractivity contribution is 6.39. The van der Waals surface area contributed by atoms with Crippen LogP contribution in [0.15, 0.2) is 36.4 Å². The normalized spacial score (nSPS) is 16.8. The number of aromatic nitrogens is 2. The van der Waals surface area contributed by atoms with E-state index >= 15 is 0 Å². The minimum Gasteiger partial charge on any atom is -0.396 e. The maximum absolute atomic E-state index is 13.2. The number of fused-ring (bicyclic) bond motifs is 10. The van der Waals surface area contributed by atoms with E-state index < -0.39 is 0 Å². The third-order valence-corrected chi connectivity index (χ3v) is 7.96. The molecule has 5 aromatic rings. The van der Waals surface area contributed by atoms with Gasteiger partial charge in [0.15, 0.2) is 0 Å². The number of rotatable bonds is 3. The van der Waals surface area contributed by atoms with Crippen LogP contribution in [0, 0.1) is 0 Å². The molecular weight excluding hydrogens is 426 g/mol. The maximum atomic E-state index is 13.2. The third kappa shape index (κ3) is 2.29. The molecule has 170 valence electrons. The fraction of sp³-hybridized carbons (Fsp3) is 0.286. The van der Waals surface area contributed by atoms with Crippen molar-refractivity contribution in [1.29, 1.82) is 0 Å². The van der Waals surface area contributed by atoms with Gasteiger partial charge in [0.25, 0.3) is 11.8 Å². The summed E-state index contributed by atoms with van der Waals surface area (Å²) >= 11 is 0. The number of aryl methyl sites for hydroxylation is 2. The van der Waals surface area contributed by atoms with Gasteiger partial charge in [0.1, 0.15) is 0 Å². The molecule has 0 aliphatic carbocycles. The molecule has 0 saturated heterocycles. The number of aliphatic hydroxyl groups is 1. The van der Waals surface area contributed by atoms with Gasteiger partial charge >= 0.3 is 0 Å². The molecule has 6 nitrogen and oxygen atoms in total. The van der Waals surface area contributed by atoms with Gasteiger partial charge in [0, 0.05) is 40.2 Å². The monoisotopic (exact) mass is 451 g/mol. The Morgan fingerprint density at radius 1 is 0.941 bits per heavy atom. The van der Waals surface area contributed by atoms with Crippen LogP contribution in [0.5, 0.6) is 0 Å². The Hall–Kier alpha value is -3.64. The van der Waals surface area contributed by atoms with Crippen LogP contribution in [0.25, 0.3) is 43.6 Å². The second-order valence-corrected chi connectivity index (χ2v) is 10.3. The van der Waals surface area contributed by atoms with Crippen LogP contribution in [-0.2, 0) is 18.4 Å². The lowest BCUT2D eigenvalue weighted by Crippen LogP contribution is -2.25. The Bertz CT molecular complexity index is 1730. The van der Waals surface area contributed by atoms with E-state index in [9.17, 15) is 14.7 Å². The first-order chi connectivity index (χ1) is 16.4. The van der Waals surface area contributed by atoms with E-state index in [4.69, 9.17) is 0 Å². The van der Waals surface area contributed by atoms with Crippen LogP contribution in [0.2, 0.25) is 0 Å². The molecule has 0 bridgehead atoms. The van der Waals surface area contributed by atoms with Gasteiger partial charge in [-0.1, -0.05) is 50.2 Å². The van der Waals surface area contributed by atoms with Gasteiger partial charge in [0.05, 0.1) is 27.7 Å². The van der Waals surface area contributed by atoms with Gasteiger partial charge in [-0.15, -0.1) is 0 Å². The van der Waals surface area contributed by atoms with Crippen molar-refractivity contribution in [2.75, 3.05) is 6.61 Å². The standard InChI is InChI=1S/C28H25N3O3/c1-28(2)11-12-31-24-16(9-4-10-17(24)28)19-21-20(26(33)30-27(21)34)18-15-8-3-6-14(7-5-13-32)22(15)29-23(18)25(19)31/h3-4,6,8-10,29,32H,5,7,11-13H2,1-2H3,(H,30,33,34). The zero-order chi connectivity index (χ0) is 23.4. The molecule has 0 radical (unpaired) electrons. The van der Waals surface area contributed by atoms with Crippen LogP contribution in [-0.4, -0.2) is 33.1 Å². The summed E-state index contributed by atoms with van der Waals surface area (Å²) in [5.74, 6) is -0.651. The molecule has 0 saturated carbocycles. The average Bonchev–Trinajstić information content (AvgIpc) is 3.45. The van der Waals surface area contributed by atoms with Crippen molar-refractivity contribution >= 4 is 55.4 Å². The summed E-state index contributed by atoms with van der Waals surface area (Å²) in [5, 5.41) is 15.6. The summed E-state index contributed by atoms with van der Waals surface area (Å²) in [7, 11) is 0. The van der Waals surface area contributed by atoms with Crippen LogP contribution in [0.1, 0.15) is 58.5 Å². The van der Waals surface area contributed by atoms with E-state index in [0.717, 1.165) is 68.6 Å². The number of carbonyl (C=O) groups is 2. The van der Waals surface area contributed by atoms with Crippen molar-refractivity contribution in [2.24, 2.45) is 0 Å². The lowest BCUT2D eigenvalue weighted by molar-refractivity contribution is 0.0880. The Kier molecular flexibility index (Phi) is 3.77. The number of nitrogens with zero attached hydrogens (tertiary/aromatic N) is 1. The van der Waals surface area contributed by atoms with Gasteiger partial charge < -0.3 is 14.7 Å². The Morgan fingerprint density at radius 2 is 1.68 bits per heavy atom. The van der Waals surface area contributed by atoms with Crippen LogP contribution >= 0.6 is 0 Å². The molecule has 0 atom stereocenters. The molecule has 6 heteroatoms. The van der Waals surface area contributed by atoms with Gasteiger partial charge in [-0.3, -0.25) is 14.9 Å². The molecule has 3 N–H and O–H groups in total. The third-order valence-electron chi connectivity index (χ3n) is 7.96. The minimum absolute atomic E-state index is 0.0299. The molecule has 2 aliphatic rings. The minimum atomic E-state index is -0.333. The number of hydrogen-bond acceptors (Lipinski definition) is 3. The Balaban J connectivity index is 1.76. The second kappa shape index (κ2) is 6.48. The highest BCUT2D eigenvalue weighted by atomic mass is 16.3. The molecule has 34 heavy (non-hydrogen) atoms. The number of aliphatic hydroxyl groups excluding tert-OH is 1. The number of nitrogens with one attached hydrogen (secondary N) is 2. The summed E-state index contributed by atoms with van der Waals surface area (Å²) in [6, 6.07) is 12.4. The average molecular weight is 452 g/mol. The Morgan fingerprint density at radius 3 is 2.47 bits per heavy atom. The summed E-state index contributed by atoms with van der Waals surface area (Å²) in [6.07, 6.45) is 2.40. The smallest absolute Gasteiger partial charge is 0.259 e. The fourth-order valence-electron chi connectivity index (χ4n) is 6.34. The SMILES string of the molecule is CC1(C)CCn2c3c1cccc3c1c3c(c4c5cccc(CCCO)c5[nH]c4c12)C(=O)NC3=O. The van der Waals surface area contributed by atoms with Crippen molar-refractivity contribution in [3.05, 3.63) is 58.7 Å². The van der Waals surface area contributed by atoms with Crippen molar-refractivity contribution in [3.8, 4) is 0 Å². The van der Waals surface area contributed by atoms with E-state index in [1.165, 1.54) is 5.56 Å². The molecule has 3 aromatic carbocycles. The Labute approximate surface area is 195 Å². The van der Waals surface area contributed by atoms with E-state index in [1.54, 1.807) is 0 Å². The lowest BCUT2D eigenvalue weighted by atomic mass is 9.79. The number of imide groups is 1. The van der Waals surface area contributed by atoms with Gasteiger partial charge in [-0.2, -0.15) is 0 Å². The summed E-state index contributed by atoms with van der Waals surface area (Å²) < 4.78 is 2.35. The number of carbonyl (C=O) groups excluding carboxylic acids is 2. The molecule has 2 amide bonds. The molecule has 2 aromatic heterocycles. The molecule has 0 unspecified atom stereocenters. The summed E-state index contributed by atoms with van der Waals surface area (Å²) in [5.41, 5.74) is 7.42. The molecule has 4 heterocycles. The van der Waals surface area contributed by atoms with Crippen LogP contribution < -0.4 is 5.32 Å². The van der Waals surface area contributed by atoms with Gasteiger partial charge in [-0.05, 0) is 35.8 Å². The highest BCUT2D eigenvalue weighted by Gasteiger charge is 2.38. The van der Waals surface area contributed by atoms with Gasteiger partial charge in [0.2, 0.25) is 0 Å². The van der Waals surface area contributed by atoms with E-state index in [2.05, 4.69) is 53.0 Å².